The minimum atomic E-state index is 0.286. The molecule has 0 aromatic carbocycles. The van der Waals surface area contributed by atoms with Crippen LogP contribution in [-0.4, -0.2) is 49.7 Å². The molecule has 2 N–H and O–H groups in total. The number of likely N-dealkylation sites (tertiary alicyclic amines) is 1. The number of anilines is 3. The van der Waals surface area contributed by atoms with Crippen LogP contribution in [-0.2, 0) is 11.8 Å². The topological polar surface area (TPSA) is 88.0 Å². The molecule has 1 amide bonds. The van der Waals surface area contributed by atoms with E-state index in [1.807, 2.05) is 25.1 Å². The third kappa shape index (κ3) is 4.69. The molecule has 2 aromatic rings. The standard InChI is InChI=1S/C21H30ClN7O/c1-3-18(30)29-10-8-21(9-11-29)6-4-15(5-7-21)25-19-17(22)13-23-20(27-19)26-16-12-24-28(2)14-16/h12-15H,3-11H2,1-2H3,(H2,23,25,26,27). The lowest BCUT2D eigenvalue weighted by Crippen LogP contribution is -2.45. The Balaban J connectivity index is 1.33. The molecule has 8 nitrogen and oxygen atoms in total. The van der Waals surface area contributed by atoms with Crippen LogP contribution in [0.4, 0.5) is 17.5 Å². The molecule has 1 saturated carbocycles. The van der Waals surface area contributed by atoms with E-state index in [4.69, 9.17) is 11.6 Å². The first-order chi connectivity index (χ1) is 14.5. The summed E-state index contributed by atoms with van der Waals surface area (Å²) in [7, 11) is 1.86. The van der Waals surface area contributed by atoms with E-state index in [1.54, 1.807) is 17.1 Å². The smallest absolute Gasteiger partial charge is 0.229 e. The van der Waals surface area contributed by atoms with Gasteiger partial charge < -0.3 is 15.5 Å². The third-order valence-electron chi connectivity index (χ3n) is 6.57. The van der Waals surface area contributed by atoms with Gasteiger partial charge in [0.25, 0.3) is 0 Å². The number of hydrogen-bond acceptors (Lipinski definition) is 6. The number of piperidine rings is 1. The van der Waals surface area contributed by atoms with Gasteiger partial charge in [-0.25, -0.2) is 4.98 Å². The van der Waals surface area contributed by atoms with Crippen LogP contribution < -0.4 is 10.6 Å². The van der Waals surface area contributed by atoms with Gasteiger partial charge in [-0.2, -0.15) is 10.1 Å². The normalized spacial score (nSPS) is 19.1. The van der Waals surface area contributed by atoms with Gasteiger partial charge in [0.15, 0.2) is 5.82 Å². The van der Waals surface area contributed by atoms with Crippen LogP contribution in [0.25, 0.3) is 0 Å². The van der Waals surface area contributed by atoms with Crippen LogP contribution in [0.3, 0.4) is 0 Å². The maximum atomic E-state index is 12.0. The summed E-state index contributed by atoms with van der Waals surface area (Å²) in [4.78, 5) is 22.8. The van der Waals surface area contributed by atoms with Crippen LogP contribution >= 0.6 is 11.6 Å². The van der Waals surface area contributed by atoms with Gasteiger partial charge in [-0.05, 0) is 43.9 Å². The van der Waals surface area contributed by atoms with Gasteiger partial charge in [-0.15, -0.1) is 0 Å². The monoisotopic (exact) mass is 431 g/mol. The van der Waals surface area contributed by atoms with Crippen LogP contribution in [0.5, 0.6) is 0 Å². The molecule has 1 spiro atoms. The van der Waals surface area contributed by atoms with Gasteiger partial charge in [0.05, 0.1) is 18.1 Å². The van der Waals surface area contributed by atoms with Crippen molar-refractivity contribution in [3.05, 3.63) is 23.6 Å². The molecule has 1 aliphatic carbocycles. The van der Waals surface area contributed by atoms with Crippen LogP contribution in [0.1, 0.15) is 51.9 Å². The quantitative estimate of drug-likeness (QED) is 0.744. The van der Waals surface area contributed by atoms with E-state index in [2.05, 4.69) is 25.7 Å². The first-order valence-electron chi connectivity index (χ1n) is 10.8. The molecule has 2 aromatic heterocycles. The van der Waals surface area contributed by atoms with Crippen molar-refractivity contribution in [2.75, 3.05) is 23.7 Å². The Kier molecular flexibility index (Phi) is 6.13. The average molecular weight is 432 g/mol. The summed E-state index contributed by atoms with van der Waals surface area (Å²) >= 11 is 6.35. The molecule has 4 rings (SSSR count). The number of carbonyl (C=O) groups is 1. The number of rotatable bonds is 5. The molecular formula is C21H30ClN7O. The molecule has 0 bridgehead atoms. The van der Waals surface area contributed by atoms with Crippen LogP contribution in [0.2, 0.25) is 5.02 Å². The van der Waals surface area contributed by atoms with Crippen molar-refractivity contribution in [2.24, 2.45) is 12.5 Å². The summed E-state index contributed by atoms with van der Waals surface area (Å²) in [6.07, 6.45) is 12.6. The summed E-state index contributed by atoms with van der Waals surface area (Å²) in [5, 5.41) is 11.4. The Morgan fingerprint density at radius 3 is 2.60 bits per heavy atom. The van der Waals surface area contributed by atoms with Crippen molar-refractivity contribution in [1.82, 2.24) is 24.6 Å². The van der Waals surface area contributed by atoms with Crippen molar-refractivity contribution in [3.8, 4) is 0 Å². The molecule has 0 atom stereocenters. The van der Waals surface area contributed by atoms with E-state index in [9.17, 15) is 4.79 Å². The van der Waals surface area contributed by atoms with Crippen molar-refractivity contribution >= 4 is 35.0 Å². The third-order valence-corrected chi connectivity index (χ3v) is 6.85. The number of aromatic nitrogens is 4. The fourth-order valence-electron chi connectivity index (χ4n) is 4.67. The van der Waals surface area contributed by atoms with Gasteiger partial charge in [-0.1, -0.05) is 18.5 Å². The summed E-state index contributed by atoms with van der Waals surface area (Å²) in [5.74, 6) is 1.45. The zero-order chi connectivity index (χ0) is 21.1. The van der Waals surface area contributed by atoms with Gasteiger partial charge in [-0.3, -0.25) is 9.48 Å². The lowest BCUT2D eigenvalue weighted by Gasteiger charge is -2.46. The lowest BCUT2D eigenvalue weighted by molar-refractivity contribution is -0.133. The molecule has 162 valence electrons. The van der Waals surface area contributed by atoms with Crippen LogP contribution in [0.15, 0.2) is 18.6 Å². The van der Waals surface area contributed by atoms with E-state index in [1.165, 1.54) is 12.8 Å². The summed E-state index contributed by atoms with van der Waals surface area (Å²) < 4.78 is 1.72. The summed E-state index contributed by atoms with van der Waals surface area (Å²) in [6, 6.07) is 0.351. The Morgan fingerprint density at radius 1 is 1.23 bits per heavy atom. The zero-order valence-corrected chi connectivity index (χ0v) is 18.5. The number of nitrogens with one attached hydrogen (secondary N) is 2. The number of carbonyl (C=O) groups excluding carboxylic acids is 1. The second-order valence-electron chi connectivity index (χ2n) is 8.57. The molecule has 3 heterocycles. The highest BCUT2D eigenvalue weighted by Gasteiger charge is 2.38. The number of amides is 1. The number of halogens is 1. The highest BCUT2D eigenvalue weighted by Crippen LogP contribution is 2.45. The fourth-order valence-corrected chi connectivity index (χ4v) is 4.81. The number of hydrogen-bond donors (Lipinski definition) is 2. The number of aryl methyl sites for hydroxylation is 1. The lowest BCUT2D eigenvalue weighted by atomic mass is 9.67. The van der Waals surface area contributed by atoms with Crippen molar-refractivity contribution in [3.63, 3.8) is 0 Å². The zero-order valence-electron chi connectivity index (χ0n) is 17.7. The molecule has 1 saturated heterocycles. The molecule has 0 unspecified atom stereocenters. The molecule has 30 heavy (non-hydrogen) atoms. The van der Waals surface area contributed by atoms with Crippen LogP contribution in [0, 0.1) is 5.41 Å². The fraction of sp³-hybridized carbons (Fsp3) is 0.619. The highest BCUT2D eigenvalue weighted by atomic mass is 35.5. The molecule has 0 radical (unpaired) electrons. The molecule has 1 aliphatic heterocycles. The first kappa shape index (κ1) is 20.9. The van der Waals surface area contributed by atoms with E-state index >= 15 is 0 Å². The first-order valence-corrected chi connectivity index (χ1v) is 11.2. The maximum Gasteiger partial charge on any atom is 0.229 e. The average Bonchev–Trinajstić information content (AvgIpc) is 3.17. The largest absolute Gasteiger partial charge is 0.366 e. The minimum Gasteiger partial charge on any atom is -0.366 e. The Bertz CT molecular complexity index is 881. The molecule has 2 aliphatic rings. The predicted molar refractivity (Wildman–Crippen MR) is 118 cm³/mol. The summed E-state index contributed by atoms with van der Waals surface area (Å²) in [5.41, 5.74) is 1.23. The second kappa shape index (κ2) is 8.79. The molecular weight excluding hydrogens is 402 g/mol. The second-order valence-corrected chi connectivity index (χ2v) is 8.98. The maximum absolute atomic E-state index is 12.0. The van der Waals surface area contributed by atoms with E-state index < -0.39 is 0 Å². The van der Waals surface area contributed by atoms with Gasteiger partial charge in [0, 0.05) is 38.8 Å². The highest BCUT2D eigenvalue weighted by molar-refractivity contribution is 6.32. The number of nitrogens with zero attached hydrogens (tertiary/aromatic N) is 5. The van der Waals surface area contributed by atoms with E-state index in [0.29, 0.717) is 34.7 Å². The summed E-state index contributed by atoms with van der Waals surface area (Å²) in [6.45, 7) is 3.76. The Hall–Kier alpha value is -2.35. The van der Waals surface area contributed by atoms with Gasteiger partial charge in [0.1, 0.15) is 5.02 Å². The van der Waals surface area contributed by atoms with E-state index in [0.717, 1.165) is 44.5 Å². The SMILES string of the molecule is CCC(=O)N1CCC2(CCC(Nc3nc(Nc4cnn(C)c4)ncc3Cl)CC2)CC1. The van der Waals surface area contributed by atoms with E-state index in [-0.39, 0.29) is 5.91 Å². The van der Waals surface area contributed by atoms with Gasteiger partial charge in [0.2, 0.25) is 11.9 Å². The van der Waals surface area contributed by atoms with Crippen molar-refractivity contribution in [1.29, 1.82) is 0 Å². The van der Waals surface area contributed by atoms with Crippen molar-refractivity contribution < 1.29 is 4.79 Å². The Labute approximate surface area is 182 Å². The molecule has 9 heteroatoms. The van der Waals surface area contributed by atoms with Gasteiger partial charge >= 0.3 is 0 Å². The van der Waals surface area contributed by atoms with Crippen molar-refractivity contribution in [2.45, 2.75) is 57.9 Å². The minimum absolute atomic E-state index is 0.286. The molecule has 2 fully saturated rings. The predicted octanol–water partition coefficient (Wildman–Crippen LogP) is 3.98. The Morgan fingerprint density at radius 2 is 1.97 bits per heavy atom.